The topological polar surface area (TPSA) is 69.8 Å². The lowest BCUT2D eigenvalue weighted by atomic mass is 9.97. The predicted octanol–water partition coefficient (Wildman–Crippen LogP) is 0.813. The van der Waals surface area contributed by atoms with Crippen LogP contribution >= 0.6 is 0 Å². The number of hydrogen-bond acceptors (Lipinski definition) is 4. The fourth-order valence-electron chi connectivity index (χ4n) is 2.83. The quantitative estimate of drug-likeness (QED) is 0.724. The van der Waals surface area contributed by atoms with Crippen molar-refractivity contribution in [3.63, 3.8) is 0 Å². The molecule has 18 heavy (non-hydrogen) atoms. The van der Waals surface area contributed by atoms with Crippen LogP contribution in [-0.2, 0) is 12.8 Å². The van der Waals surface area contributed by atoms with Crippen LogP contribution in [0.25, 0.3) is 0 Å². The summed E-state index contributed by atoms with van der Waals surface area (Å²) in [6.07, 6.45) is 6.25. The zero-order chi connectivity index (χ0) is 12.4. The van der Waals surface area contributed by atoms with E-state index in [0.29, 0.717) is 12.0 Å². The minimum Gasteiger partial charge on any atom is -0.353 e. The minimum absolute atomic E-state index is 0.0520. The Morgan fingerprint density at radius 1 is 1.17 bits per heavy atom. The Morgan fingerprint density at radius 3 is 2.78 bits per heavy atom. The number of H-pyrrole nitrogens is 1. The molecule has 0 saturated carbocycles. The van der Waals surface area contributed by atoms with Crippen LogP contribution in [0.15, 0.2) is 4.79 Å². The molecule has 5 heteroatoms. The predicted molar refractivity (Wildman–Crippen MR) is 71.0 cm³/mol. The number of nitrogens with one attached hydrogen (secondary N) is 3. The first-order valence-electron chi connectivity index (χ1n) is 6.92. The molecule has 0 aromatic carbocycles. The lowest BCUT2D eigenvalue weighted by Gasteiger charge is -2.24. The molecule has 1 aliphatic carbocycles. The van der Waals surface area contributed by atoms with Crippen molar-refractivity contribution in [1.29, 1.82) is 0 Å². The van der Waals surface area contributed by atoms with Crippen LogP contribution in [0.3, 0.4) is 0 Å². The number of aromatic amines is 1. The van der Waals surface area contributed by atoms with E-state index in [-0.39, 0.29) is 5.56 Å². The summed E-state index contributed by atoms with van der Waals surface area (Å²) in [5, 5.41) is 6.69. The maximum absolute atomic E-state index is 12.0. The zero-order valence-corrected chi connectivity index (χ0v) is 10.6. The van der Waals surface area contributed by atoms with Gasteiger partial charge in [-0.05, 0) is 51.6 Å². The van der Waals surface area contributed by atoms with Crippen LogP contribution in [0.5, 0.6) is 0 Å². The fraction of sp³-hybridized carbons (Fsp3) is 0.692. The average Bonchev–Trinajstić information content (AvgIpc) is 2.40. The highest BCUT2D eigenvalue weighted by molar-refractivity contribution is 5.32. The van der Waals surface area contributed by atoms with Crippen molar-refractivity contribution in [2.75, 3.05) is 18.4 Å². The van der Waals surface area contributed by atoms with Gasteiger partial charge in [0.15, 0.2) is 0 Å². The Balaban J connectivity index is 1.80. The van der Waals surface area contributed by atoms with E-state index in [4.69, 9.17) is 0 Å². The van der Waals surface area contributed by atoms with Gasteiger partial charge in [-0.2, -0.15) is 0 Å². The summed E-state index contributed by atoms with van der Waals surface area (Å²) in [6, 6.07) is 0.427. The van der Waals surface area contributed by atoms with Crippen LogP contribution in [0.4, 0.5) is 5.95 Å². The lowest BCUT2D eigenvalue weighted by Crippen LogP contribution is -2.36. The van der Waals surface area contributed by atoms with Crippen LogP contribution in [0.2, 0.25) is 0 Å². The molecule has 1 aromatic rings. The molecule has 2 heterocycles. The number of piperidine rings is 1. The van der Waals surface area contributed by atoms with Crippen molar-refractivity contribution >= 4 is 5.95 Å². The second-order valence-corrected chi connectivity index (χ2v) is 5.22. The molecule has 1 aliphatic heterocycles. The van der Waals surface area contributed by atoms with Crippen molar-refractivity contribution in [1.82, 2.24) is 15.3 Å². The van der Waals surface area contributed by atoms with Crippen LogP contribution in [0.1, 0.15) is 36.9 Å². The van der Waals surface area contributed by atoms with Crippen LogP contribution in [-0.4, -0.2) is 29.1 Å². The number of nitrogens with zero attached hydrogens (tertiary/aromatic N) is 1. The third kappa shape index (κ3) is 2.41. The van der Waals surface area contributed by atoms with Crippen molar-refractivity contribution < 1.29 is 0 Å². The molecule has 5 nitrogen and oxygen atoms in total. The van der Waals surface area contributed by atoms with Gasteiger partial charge in [-0.3, -0.25) is 9.78 Å². The molecule has 1 fully saturated rings. The van der Waals surface area contributed by atoms with Crippen LogP contribution in [0, 0.1) is 0 Å². The molecule has 0 spiro atoms. The molecule has 0 atom stereocenters. The van der Waals surface area contributed by atoms with Crippen molar-refractivity contribution in [3.05, 3.63) is 21.6 Å². The van der Waals surface area contributed by atoms with Crippen molar-refractivity contribution in [2.24, 2.45) is 0 Å². The fourth-order valence-corrected chi connectivity index (χ4v) is 2.83. The van der Waals surface area contributed by atoms with Gasteiger partial charge in [0.1, 0.15) is 0 Å². The van der Waals surface area contributed by atoms with E-state index < -0.39 is 0 Å². The largest absolute Gasteiger partial charge is 0.353 e. The Hall–Kier alpha value is -1.36. The third-order valence-corrected chi connectivity index (χ3v) is 3.87. The molecule has 0 amide bonds. The second kappa shape index (κ2) is 5.10. The third-order valence-electron chi connectivity index (χ3n) is 3.87. The van der Waals surface area contributed by atoms with Gasteiger partial charge in [0.2, 0.25) is 5.95 Å². The first kappa shape index (κ1) is 11.7. The highest BCUT2D eigenvalue weighted by atomic mass is 16.1. The lowest BCUT2D eigenvalue weighted by molar-refractivity contribution is 0.476. The second-order valence-electron chi connectivity index (χ2n) is 5.22. The minimum atomic E-state index is 0.0520. The number of anilines is 1. The Labute approximate surface area is 106 Å². The van der Waals surface area contributed by atoms with E-state index in [1.165, 1.54) is 0 Å². The Morgan fingerprint density at radius 2 is 1.94 bits per heavy atom. The molecule has 2 aliphatic rings. The van der Waals surface area contributed by atoms with E-state index in [1.807, 2.05) is 0 Å². The molecule has 3 N–H and O–H groups in total. The van der Waals surface area contributed by atoms with Gasteiger partial charge in [-0.1, -0.05) is 0 Å². The maximum atomic E-state index is 12.0. The van der Waals surface area contributed by atoms with Crippen molar-refractivity contribution in [3.8, 4) is 0 Å². The van der Waals surface area contributed by atoms with E-state index in [0.717, 1.165) is 62.9 Å². The van der Waals surface area contributed by atoms with Gasteiger partial charge in [0.25, 0.3) is 5.56 Å². The summed E-state index contributed by atoms with van der Waals surface area (Å²) in [5.74, 6) is 0.660. The molecule has 1 aromatic heterocycles. The van der Waals surface area contributed by atoms with E-state index in [9.17, 15) is 4.79 Å². The summed E-state index contributed by atoms with van der Waals surface area (Å²) in [7, 11) is 0. The Bertz CT molecular complexity index is 476. The van der Waals surface area contributed by atoms with Gasteiger partial charge < -0.3 is 10.6 Å². The summed E-state index contributed by atoms with van der Waals surface area (Å²) in [6.45, 7) is 2.07. The summed E-state index contributed by atoms with van der Waals surface area (Å²) in [4.78, 5) is 19.4. The van der Waals surface area contributed by atoms with Gasteiger partial charge in [-0.25, -0.2) is 4.98 Å². The molecule has 3 rings (SSSR count). The molecule has 1 saturated heterocycles. The molecule has 0 bridgehead atoms. The smallest absolute Gasteiger partial charge is 0.255 e. The van der Waals surface area contributed by atoms with E-state index in [1.54, 1.807) is 0 Å². The SMILES string of the molecule is O=c1[nH]c(NC2CCNCC2)nc2c1CCCC2. The van der Waals surface area contributed by atoms with Gasteiger partial charge in [-0.15, -0.1) is 0 Å². The summed E-state index contributed by atoms with van der Waals surface area (Å²) >= 11 is 0. The standard InChI is InChI=1S/C13H20N4O/c18-12-10-3-1-2-4-11(10)16-13(17-12)15-9-5-7-14-8-6-9/h9,14H,1-8H2,(H2,15,16,17,18). The van der Waals surface area contributed by atoms with E-state index >= 15 is 0 Å². The van der Waals surface area contributed by atoms with Gasteiger partial charge >= 0.3 is 0 Å². The van der Waals surface area contributed by atoms with Crippen LogP contribution < -0.4 is 16.2 Å². The first-order valence-corrected chi connectivity index (χ1v) is 6.92. The number of hydrogen-bond donors (Lipinski definition) is 3. The molecular weight excluding hydrogens is 228 g/mol. The monoisotopic (exact) mass is 248 g/mol. The molecular formula is C13H20N4O. The van der Waals surface area contributed by atoms with Gasteiger partial charge in [0.05, 0.1) is 5.69 Å². The average molecular weight is 248 g/mol. The molecule has 0 unspecified atom stereocenters. The first-order chi connectivity index (χ1) is 8.83. The van der Waals surface area contributed by atoms with E-state index in [2.05, 4.69) is 20.6 Å². The Kier molecular flexibility index (Phi) is 3.32. The number of aryl methyl sites for hydroxylation is 1. The summed E-state index contributed by atoms with van der Waals surface area (Å²) < 4.78 is 0. The number of fused-ring (bicyclic) bond motifs is 1. The van der Waals surface area contributed by atoms with Gasteiger partial charge in [0, 0.05) is 11.6 Å². The normalized spacial score (nSPS) is 20.4. The number of aromatic nitrogens is 2. The summed E-state index contributed by atoms with van der Waals surface area (Å²) in [5.41, 5.74) is 1.95. The molecule has 98 valence electrons. The molecule has 0 radical (unpaired) electrons. The highest BCUT2D eigenvalue weighted by Gasteiger charge is 2.18. The van der Waals surface area contributed by atoms with Crippen molar-refractivity contribution in [2.45, 2.75) is 44.6 Å². The maximum Gasteiger partial charge on any atom is 0.255 e. The zero-order valence-electron chi connectivity index (χ0n) is 10.6. The highest BCUT2D eigenvalue weighted by Crippen LogP contribution is 2.17. The number of rotatable bonds is 2.